The molecule has 0 aromatic heterocycles. The molecule has 1 heterocycles. The Hall–Kier alpha value is -0.130. The molecule has 1 fully saturated rings. The van der Waals surface area contributed by atoms with Gasteiger partial charge in [-0.05, 0) is 24.9 Å². The molecule has 1 aliphatic heterocycles. The van der Waals surface area contributed by atoms with E-state index in [9.17, 15) is 8.42 Å². The highest BCUT2D eigenvalue weighted by Gasteiger charge is 2.32. The van der Waals surface area contributed by atoms with Crippen molar-refractivity contribution in [3.05, 3.63) is 0 Å². The standard InChI is InChI=1S/C9H20N2O2S/c1-9(7-10)3-4-11(8-9)5-6-14(2,12)13/h3-8,10H2,1-2H3. The molecular weight excluding hydrogens is 200 g/mol. The number of hydrogen-bond donors (Lipinski definition) is 1. The lowest BCUT2D eigenvalue weighted by molar-refractivity contribution is 0.291. The molecule has 4 nitrogen and oxygen atoms in total. The third-order valence-electron chi connectivity index (χ3n) is 2.91. The summed E-state index contributed by atoms with van der Waals surface area (Å²) >= 11 is 0. The summed E-state index contributed by atoms with van der Waals surface area (Å²) in [5.74, 6) is 0.258. The number of hydrogen-bond acceptors (Lipinski definition) is 4. The molecule has 0 saturated carbocycles. The Bertz CT molecular complexity index is 289. The molecule has 0 aromatic carbocycles. The summed E-state index contributed by atoms with van der Waals surface area (Å²) in [6, 6.07) is 0. The second-order valence-corrected chi connectivity index (χ2v) is 6.93. The van der Waals surface area contributed by atoms with Gasteiger partial charge in [0, 0.05) is 19.3 Å². The molecule has 5 heteroatoms. The summed E-state index contributed by atoms with van der Waals surface area (Å²) in [5, 5.41) is 0. The number of sulfone groups is 1. The van der Waals surface area contributed by atoms with E-state index in [0.717, 1.165) is 19.5 Å². The topological polar surface area (TPSA) is 63.4 Å². The van der Waals surface area contributed by atoms with Crippen LogP contribution in [0.25, 0.3) is 0 Å². The van der Waals surface area contributed by atoms with E-state index in [2.05, 4.69) is 11.8 Å². The summed E-state index contributed by atoms with van der Waals surface area (Å²) < 4.78 is 21.9. The van der Waals surface area contributed by atoms with E-state index in [0.29, 0.717) is 13.1 Å². The van der Waals surface area contributed by atoms with Gasteiger partial charge in [0.2, 0.25) is 0 Å². The summed E-state index contributed by atoms with van der Waals surface area (Å²) in [6.45, 7) is 5.40. The fraction of sp³-hybridized carbons (Fsp3) is 1.00. The van der Waals surface area contributed by atoms with E-state index < -0.39 is 9.84 Å². The first-order valence-corrected chi connectivity index (χ1v) is 7.01. The normalized spacial score (nSPS) is 29.6. The third-order valence-corrected chi connectivity index (χ3v) is 3.83. The van der Waals surface area contributed by atoms with Crippen LogP contribution in [0.1, 0.15) is 13.3 Å². The maximum absolute atomic E-state index is 11.0. The van der Waals surface area contributed by atoms with E-state index in [-0.39, 0.29) is 11.2 Å². The van der Waals surface area contributed by atoms with Gasteiger partial charge in [-0.2, -0.15) is 0 Å². The molecule has 1 aliphatic rings. The molecule has 0 radical (unpaired) electrons. The van der Waals surface area contributed by atoms with Crippen molar-refractivity contribution in [2.75, 3.05) is 38.2 Å². The fourth-order valence-corrected chi connectivity index (χ4v) is 2.37. The number of rotatable bonds is 4. The summed E-state index contributed by atoms with van der Waals surface area (Å²) in [5.41, 5.74) is 5.86. The first-order valence-electron chi connectivity index (χ1n) is 4.95. The molecule has 0 bridgehead atoms. The van der Waals surface area contributed by atoms with Crippen molar-refractivity contribution < 1.29 is 8.42 Å². The first-order chi connectivity index (χ1) is 6.35. The predicted molar refractivity (Wildman–Crippen MR) is 57.9 cm³/mol. The van der Waals surface area contributed by atoms with Crippen molar-refractivity contribution in [1.29, 1.82) is 0 Å². The van der Waals surface area contributed by atoms with Gasteiger partial charge in [-0.25, -0.2) is 8.42 Å². The average Bonchev–Trinajstić information content (AvgIpc) is 2.44. The van der Waals surface area contributed by atoms with E-state index in [4.69, 9.17) is 5.73 Å². The molecule has 2 N–H and O–H groups in total. The molecule has 0 aromatic rings. The summed E-state index contributed by atoms with van der Waals surface area (Å²) in [6.07, 6.45) is 2.36. The fourth-order valence-electron chi connectivity index (χ4n) is 1.78. The van der Waals surface area contributed by atoms with Crippen molar-refractivity contribution in [3.63, 3.8) is 0 Å². The minimum Gasteiger partial charge on any atom is -0.330 e. The summed E-state index contributed by atoms with van der Waals surface area (Å²) in [4.78, 5) is 2.19. The zero-order valence-corrected chi connectivity index (χ0v) is 9.81. The van der Waals surface area contributed by atoms with Crippen LogP contribution in [-0.2, 0) is 9.84 Å². The molecule has 1 saturated heterocycles. The Balaban J connectivity index is 2.37. The zero-order valence-electron chi connectivity index (χ0n) is 8.99. The van der Waals surface area contributed by atoms with Gasteiger partial charge < -0.3 is 10.6 Å². The van der Waals surface area contributed by atoms with E-state index in [1.807, 2.05) is 0 Å². The van der Waals surface area contributed by atoms with Crippen LogP contribution in [0.15, 0.2) is 0 Å². The molecular formula is C9H20N2O2S. The van der Waals surface area contributed by atoms with Crippen molar-refractivity contribution in [1.82, 2.24) is 4.90 Å². The van der Waals surface area contributed by atoms with Crippen LogP contribution in [0.2, 0.25) is 0 Å². The minimum atomic E-state index is -2.83. The highest BCUT2D eigenvalue weighted by atomic mass is 32.2. The van der Waals surface area contributed by atoms with Crippen LogP contribution in [-0.4, -0.2) is 51.5 Å². The SMILES string of the molecule is CC1(CN)CCN(CCS(C)(=O)=O)C1. The zero-order chi connectivity index (χ0) is 10.8. The van der Waals surface area contributed by atoms with Crippen molar-refractivity contribution in [2.24, 2.45) is 11.1 Å². The highest BCUT2D eigenvalue weighted by Crippen LogP contribution is 2.27. The van der Waals surface area contributed by atoms with Crippen LogP contribution < -0.4 is 5.73 Å². The van der Waals surface area contributed by atoms with Gasteiger partial charge in [0.15, 0.2) is 0 Å². The highest BCUT2D eigenvalue weighted by molar-refractivity contribution is 7.90. The van der Waals surface area contributed by atoms with Gasteiger partial charge in [0.1, 0.15) is 9.84 Å². The number of likely N-dealkylation sites (tertiary alicyclic amines) is 1. The van der Waals surface area contributed by atoms with Crippen LogP contribution in [0, 0.1) is 5.41 Å². The molecule has 14 heavy (non-hydrogen) atoms. The van der Waals surface area contributed by atoms with Gasteiger partial charge >= 0.3 is 0 Å². The largest absolute Gasteiger partial charge is 0.330 e. The van der Waals surface area contributed by atoms with Crippen molar-refractivity contribution in [3.8, 4) is 0 Å². The Morgan fingerprint density at radius 1 is 1.50 bits per heavy atom. The van der Waals surface area contributed by atoms with Crippen LogP contribution >= 0.6 is 0 Å². The lowest BCUT2D eigenvalue weighted by Gasteiger charge is -2.22. The minimum absolute atomic E-state index is 0.192. The van der Waals surface area contributed by atoms with Crippen LogP contribution in [0.3, 0.4) is 0 Å². The Morgan fingerprint density at radius 3 is 2.57 bits per heavy atom. The first kappa shape index (κ1) is 11.9. The predicted octanol–water partition coefficient (Wildman–Crippen LogP) is -0.298. The monoisotopic (exact) mass is 220 g/mol. The molecule has 1 atom stereocenters. The van der Waals surface area contributed by atoms with E-state index in [1.165, 1.54) is 6.26 Å². The molecule has 84 valence electrons. The quantitative estimate of drug-likeness (QED) is 0.706. The molecule has 0 aliphatic carbocycles. The van der Waals surface area contributed by atoms with Crippen LogP contribution in [0.5, 0.6) is 0 Å². The van der Waals surface area contributed by atoms with Gasteiger partial charge in [0.25, 0.3) is 0 Å². The van der Waals surface area contributed by atoms with E-state index in [1.54, 1.807) is 0 Å². The van der Waals surface area contributed by atoms with Crippen LogP contribution in [0.4, 0.5) is 0 Å². The van der Waals surface area contributed by atoms with Gasteiger partial charge in [-0.1, -0.05) is 6.92 Å². The van der Waals surface area contributed by atoms with Crippen molar-refractivity contribution >= 4 is 9.84 Å². The molecule has 0 spiro atoms. The smallest absolute Gasteiger partial charge is 0.148 e. The molecule has 1 unspecified atom stereocenters. The number of nitrogens with zero attached hydrogens (tertiary/aromatic N) is 1. The Morgan fingerprint density at radius 2 is 2.14 bits per heavy atom. The second-order valence-electron chi connectivity index (χ2n) is 4.67. The van der Waals surface area contributed by atoms with E-state index >= 15 is 0 Å². The van der Waals surface area contributed by atoms with Gasteiger partial charge in [0.05, 0.1) is 5.75 Å². The lowest BCUT2D eigenvalue weighted by Crippen LogP contribution is -2.33. The van der Waals surface area contributed by atoms with Gasteiger partial charge in [-0.3, -0.25) is 0 Å². The number of nitrogens with two attached hydrogens (primary N) is 1. The lowest BCUT2D eigenvalue weighted by atomic mass is 9.90. The third kappa shape index (κ3) is 3.55. The van der Waals surface area contributed by atoms with Gasteiger partial charge in [-0.15, -0.1) is 0 Å². The molecule has 0 amide bonds. The Labute approximate surface area is 86.4 Å². The summed E-state index contributed by atoms with van der Waals surface area (Å²) in [7, 11) is -2.83. The van der Waals surface area contributed by atoms with Crippen molar-refractivity contribution in [2.45, 2.75) is 13.3 Å². The average molecular weight is 220 g/mol. The maximum atomic E-state index is 11.0. The maximum Gasteiger partial charge on any atom is 0.148 e. The Kier molecular flexibility index (Phi) is 3.55. The second kappa shape index (κ2) is 4.16. The molecule has 1 rings (SSSR count).